The van der Waals surface area contributed by atoms with Gasteiger partial charge in [-0.25, -0.2) is 9.97 Å². The molecule has 2 heterocycles. The molecule has 2 aromatic rings. The van der Waals surface area contributed by atoms with Crippen molar-refractivity contribution in [3.63, 3.8) is 0 Å². The molecule has 0 atom stereocenters. The summed E-state index contributed by atoms with van der Waals surface area (Å²) >= 11 is 0. The van der Waals surface area contributed by atoms with Crippen LogP contribution in [0.25, 0.3) is 11.5 Å². The molecule has 1 N–H and O–H groups in total. The fraction of sp³-hybridized carbons (Fsp3) is 0.333. The van der Waals surface area contributed by atoms with Crippen molar-refractivity contribution in [1.82, 2.24) is 15.0 Å². The fourth-order valence-corrected chi connectivity index (χ4v) is 2.13. The molecule has 104 valence electrons. The summed E-state index contributed by atoms with van der Waals surface area (Å²) in [5, 5.41) is 9.03. The second kappa shape index (κ2) is 6.23. The number of aromatic nitrogens is 3. The van der Waals surface area contributed by atoms with Crippen molar-refractivity contribution in [2.24, 2.45) is 0 Å². The Kier molecular flexibility index (Phi) is 4.40. The number of hydrogen-bond donors (Lipinski definition) is 1. The number of carbonyl (C=O) groups is 1. The van der Waals surface area contributed by atoms with Crippen molar-refractivity contribution in [1.29, 1.82) is 0 Å². The third-order valence-electron chi connectivity index (χ3n) is 3.07. The third-order valence-corrected chi connectivity index (χ3v) is 3.07. The summed E-state index contributed by atoms with van der Waals surface area (Å²) in [6, 6.07) is 5.57. The van der Waals surface area contributed by atoms with Gasteiger partial charge in [0.25, 0.3) is 0 Å². The van der Waals surface area contributed by atoms with E-state index < -0.39 is 5.97 Å². The van der Waals surface area contributed by atoms with Gasteiger partial charge in [0, 0.05) is 23.1 Å². The number of rotatable bonds is 5. The second-order valence-corrected chi connectivity index (χ2v) is 4.41. The monoisotopic (exact) mass is 271 g/mol. The molecule has 0 aliphatic carbocycles. The van der Waals surface area contributed by atoms with Gasteiger partial charge >= 0.3 is 5.97 Å². The molecule has 20 heavy (non-hydrogen) atoms. The number of hydrogen-bond acceptors (Lipinski definition) is 4. The largest absolute Gasteiger partial charge is 0.481 e. The molecule has 0 bridgehead atoms. The lowest BCUT2D eigenvalue weighted by molar-refractivity contribution is -0.136. The van der Waals surface area contributed by atoms with Crippen LogP contribution in [0.1, 0.15) is 30.8 Å². The number of nitrogens with zero attached hydrogens (tertiary/aromatic N) is 3. The molecule has 0 unspecified atom stereocenters. The molecule has 5 heteroatoms. The molecule has 2 aromatic heterocycles. The van der Waals surface area contributed by atoms with Gasteiger partial charge in [-0.3, -0.25) is 9.78 Å². The molecule has 0 saturated heterocycles. The van der Waals surface area contributed by atoms with Crippen molar-refractivity contribution in [3.05, 3.63) is 41.3 Å². The van der Waals surface area contributed by atoms with Gasteiger partial charge in [-0.15, -0.1) is 0 Å². The Bertz CT molecular complexity index is 587. The predicted octanol–water partition coefficient (Wildman–Crippen LogP) is 2.29. The lowest BCUT2D eigenvalue weighted by Crippen LogP contribution is -2.12. The summed E-state index contributed by atoms with van der Waals surface area (Å²) in [5.41, 5.74) is 3.03. The average Bonchev–Trinajstić information content (AvgIpc) is 2.47. The third kappa shape index (κ3) is 2.99. The predicted molar refractivity (Wildman–Crippen MR) is 75.4 cm³/mol. The van der Waals surface area contributed by atoms with Crippen LogP contribution in [0, 0.1) is 0 Å². The molecule has 0 saturated carbocycles. The highest BCUT2D eigenvalue weighted by molar-refractivity contribution is 5.71. The normalized spacial score (nSPS) is 10.5. The van der Waals surface area contributed by atoms with Gasteiger partial charge in [-0.1, -0.05) is 19.9 Å². The zero-order chi connectivity index (χ0) is 14.5. The van der Waals surface area contributed by atoms with Crippen LogP contribution < -0.4 is 0 Å². The van der Waals surface area contributed by atoms with E-state index in [1.54, 1.807) is 6.20 Å². The molecule has 0 aliphatic heterocycles. The Morgan fingerprint density at radius 2 is 1.80 bits per heavy atom. The van der Waals surface area contributed by atoms with Gasteiger partial charge in [-0.2, -0.15) is 0 Å². The van der Waals surface area contributed by atoms with E-state index in [0.717, 1.165) is 17.0 Å². The average molecular weight is 271 g/mol. The highest BCUT2D eigenvalue weighted by atomic mass is 16.4. The molecule has 5 nitrogen and oxygen atoms in total. The van der Waals surface area contributed by atoms with Gasteiger partial charge in [0.15, 0.2) is 5.82 Å². The van der Waals surface area contributed by atoms with Crippen LogP contribution in [0.2, 0.25) is 0 Å². The highest BCUT2D eigenvalue weighted by Crippen LogP contribution is 2.19. The van der Waals surface area contributed by atoms with Crippen molar-refractivity contribution in [3.8, 4) is 11.5 Å². The first-order valence-corrected chi connectivity index (χ1v) is 6.67. The number of pyridine rings is 1. The first-order valence-electron chi connectivity index (χ1n) is 6.67. The Hall–Kier alpha value is -2.30. The summed E-state index contributed by atoms with van der Waals surface area (Å²) in [6.45, 7) is 3.94. The fourth-order valence-electron chi connectivity index (χ4n) is 2.13. The summed E-state index contributed by atoms with van der Waals surface area (Å²) in [5.74, 6) is -0.294. The Morgan fingerprint density at radius 3 is 2.25 bits per heavy atom. The van der Waals surface area contributed by atoms with Crippen LogP contribution in [0.15, 0.2) is 24.4 Å². The second-order valence-electron chi connectivity index (χ2n) is 4.41. The van der Waals surface area contributed by atoms with Gasteiger partial charge < -0.3 is 5.11 Å². The Balaban J connectivity index is 2.55. The molecule has 0 aliphatic rings. The van der Waals surface area contributed by atoms with Crippen molar-refractivity contribution >= 4 is 5.97 Å². The number of aryl methyl sites for hydroxylation is 2. The van der Waals surface area contributed by atoms with Gasteiger partial charge in [0.05, 0.1) is 6.42 Å². The Labute approximate surface area is 117 Å². The summed E-state index contributed by atoms with van der Waals surface area (Å²) < 4.78 is 0. The van der Waals surface area contributed by atoms with E-state index in [4.69, 9.17) is 5.11 Å². The number of carboxylic acid groups (broad SMARTS) is 1. The molecule has 2 rings (SSSR count). The minimum Gasteiger partial charge on any atom is -0.481 e. The highest BCUT2D eigenvalue weighted by Gasteiger charge is 2.16. The number of carboxylic acids is 1. The van der Waals surface area contributed by atoms with Crippen molar-refractivity contribution in [2.45, 2.75) is 33.1 Å². The summed E-state index contributed by atoms with van der Waals surface area (Å²) in [6.07, 6.45) is 3.02. The van der Waals surface area contributed by atoms with E-state index in [-0.39, 0.29) is 6.42 Å². The molecular weight excluding hydrogens is 254 g/mol. The first-order chi connectivity index (χ1) is 9.65. The number of aliphatic carboxylic acids is 1. The van der Waals surface area contributed by atoms with E-state index in [1.165, 1.54) is 0 Å². The molecule has 0 aromatic carbocycles. The van der Waals surface area contributed by atoms with Gasteiger partial charge in [-0.05, 0) is 25.0 Å². The van der Waals surface area contributed by atoms with Crippen LogP contribution in [-0.2, 0) is 24.1 Å². The van der Waals surface area contributed by atoms with Crippen LogP contribution in [-0.4, -0.2) is 26.0 Å². The van der Waals surface area contributed by atoms with Gasteiger partial charge in [0.2, 0.25) is 0 Å². The van der Waals surface area contributed by atoms with E-state index in [1.807, 2.05) is 32.0 Å². The van der Waals surface area contributed by atoms with Crippen LogP contribution >= 0.6 is 0 Å². The van der Waals surface area contributed by atoms with Gasteiger partial charge in [0.1, 0.15) is 5.69 Å². The molecule has 0 fully saturated rings. The van der Waals surface area contributed by atoms with Crippen LogP contribution in [0.5, 0.6) is 0 Å². The zero-order valence-corrected chi connectivity index (χ0v) is 11.6. The van der Waals surface area contributed by atoms with E-state index >= 15 is 0 Å². The van der Waals surface area contributed by atoms with E-state index in [9.17, 15) is 4.79 Å². The maximum Gasteiger partial charge on any atom is 0.307 e. The Morgan fingerprint density at radius 1 is 1.15 bits per heavy atom. The molecular formula is C15H17N3O2. The van der Waals surface area contributed by atoms with E-state index in [0.29, 0.717) is 24.4 Å². The SMILES string of the molecule is CCc1nc(-c2ccccn2)nc(CC)c1CC(=O)O. The zero-order valence-electron chi connectivity index (χ0n) is 11.6. The smallest absolute Gasteiger partial charge is 0.307 e. The molecule has 0 amide bonds. The minimum atomic E-state index is -0.858. The maximum atomic E-state index is 11.0. The van der Waals surface area contributed by atoms with Crippen molar-refractivity contribution in [2.75, 3.05) is 0 Å². The summed E-state index contributed by atoms with van der Waals surface area (Å²) in [7, 11) is 0. The van der Waals surface area contributed by atoms with Crippen LogP contribution in [0.3, 0.4) is 0 Å². The minimum absolute atomic E-state index is 0.0329. The molecule has 0 spiro atoms. The summed E-state index contributed by atoms with van der Waals surface area (Å²) in [4.78, 5) is 24.2. The standard InChI is InChI=1S/C15H17N3O2/c1-3-11-10(9-14(19)20)12(4-2)18-15(17-11)13-7-5-6-8-16-13/h5-8H,3-4,9H2,1-2H3,(H,19,20). The lowest BCUT2D eigenvalue weighted by Gasteiger charge is -2.12. The first kappa shape index (κ1) is 14.1. The van der Waals surface area contributed by atoms with Crippen LogP contribution in [0.4, 0.5) is 0 Å². The molecule has 0 radical (unpaired) electrons. The van der Waals surface area contributed by atoms with Crippen molar-refractivity contribution < 1.29 is 9.90 Å². The van der Waals surface area contributed by atoms with E-state index in [2.05, 4.69) is 15.0 Å². The lowest BCUT2D eigenvalue weighted by atomic mass is 10.0. The maximum absolute atomic E-state index is 11.0. The quantitative estimate of drug-likeness (QED) is 0.903. The topological polar surface area (TPSA) is 76.0 Å².